The molecule has 0 aromatic rings. The fourth-order valence-corrected chi connectivity index (χ4v) is 5.57. The summed E-state index contributed by atoms with van der Waals surface area (Å²) in [5.74, 6) is 0.323. The highest BCUT2D eigenvalue weighted by Crippen LogP contribution is 2.37. The van der Waals surface area contributed by atoms with Gasteiger partial charge in [-0.05, 0) is 25.7 Å². The van der Waals surface area contributed by atoms with Gasteiger partial charge in [-0.3, -0.25) is 19.3 Å². The molecule has 3 fully saturated rings. The highest BCUT2D eigenvalue weighted by Gasteiger charge is 2.52. The van der Waals surface area contributed by atoms with Crippen molar-refractivity contribution in [2.45, 2.75) is 49.8 Å². The van der Waals surface area contributed by atoms with Crippen LogP contribution in [-0.4, -0.2) is 57.7 Å². The molecule has 2 heterocycles. The second-order valence-corrected chi connectivity index (χ2v) is 8.66. The van der Waals surface area contributed by atoms with E-state index in [1.165, 1.54) is 30.6 Å². The van der Waals surface area contributed by atoms with Crippen molar-refractivity contribution < 1.29 is 14.4 Å². The van der Waals surface area contributed by atoms with Crippen LogP contribution in [0.5, 0.6) is 0 Å². The molecule has 4 rings (SSSR count). The Balaban J connectivity index is 1.28. The number of thioether (sulfide) groups is 1. The van der Waals surface area contributed by atoms with Gasteiger partial charge in [-0.2, -0.15) is 0 Å². The first kappa shape index (κ1) is 16.2. The summed E-state index contributed by atoms with van der Waals surface area (Å²) in [5, 5.41) is 0.642. The summed E-state index contributed by atoms with van der Waals surface area (Å²) >= 11 is 1.77. The number of amides is 3. The Morgan fingerprint density at radius 2 is 1.62 bits per heavy atom. The van der Waals surface area contributed by atoms with Crippen LogP contribution in [0, 0.1) is 11.8 Å². The molecule has 6 heteroatoms. The summed E-state index contributed by atoms with van der Waals surface area (Å²) in [6, 6.07) is -0.101. The minimum atomic E-state index is -0.162. The summed E-state index contributed by atoms with van der Waals surface area (Å²) in [6.45, 7) is 1.04. The molecule has 0 aromatic carbocycles. The van der Waals surface area contributed by atoms with Crippen LogP contribution >= 0.6 is 11.8 Å². The topological polar surface area (TPSA) is 57.7 Å². The largest absolute Gasteiger partial charge is 0.338 e. The third kappa shape index (κ3) is 2.79. The van der Waals surface area contributed by atoms with Crippen LogP contribution in [0.3, 0.4) is 0 Å². The lowest BCUT2D eigenvalue weighted by molar-refractivity contribution is -0.151. The predicted molar refractivity (Wildman–Crippen MR) is 92.3 cm³/mol. The van der Waals surface area contributed by atoms with E-state index in [1.54, 1.807) is 16.7 Å². The Hall–Kier alpha value is -1.30. The summed E-state index contributed by atoms with van der Waals surface area (Å²) in [7, 11) is 0. The average molecular weight is 348 g/mol. The van der Waals surface area contributed by atoms with Gasteiger partial charge in [0.15, 0.2) is 0 Å². The number of rotatable bonds is 4. The fourth-order valence-electron chi connectivity index (χ4n) is 4.34. The molecule has 24 heavy (non-hydrogen) atoms. The Bertz CT molecular complexity index is 553. The van der Waals surface area contributed by atoms with Crippen molar-refractivity contribution in [3.05, 3.63) is 12.2 Å². The van der Waals surface area contributed by atoms with Gasteiger partial charge in [0.25, 0.3) is 0 Å². The van der Waals surface area contributed by atoms with E-state index >= 15 is 0 Å². The van der Waals surface area contributed by atoms with Crippen molar-refractivity contribution in [2.24, 2.45) is 11.8 Å². The molecule has 4 aliphatic rings. The third-order valence-electron chi connectivity index (χ3n) is 5.87. The Morgan fingerprint density at radius 1 is 1.04 bits per heavy atom. The van der Waals surface area contributed by atoms with E-state index in [4.69, 9.17) is 0 Å². The molecule has 130 valence electrons. The quantitative estimate of drug-likeness (QED) is 0.574. The van der Waals surface area contributed by atoms with Gasteiger partial charge in [0.2, 0.25) is 17.7 Å². The first-order chi connectivity index (χ1) is 11.6. The smallest absolute Gasteiger partial charge is 0.233 e. The van der Waals surface area contributed by atoms with Crippen molar-refractivity contribution in [3.8, 4) is 0 Å². The molecule has 3 amide bonds. The van der Waals surface area contributed by atoms with Crippen LogP contribution in [0.1, 0.15) is 38.5 Å². The number of hydrogen-bond acceptors (Lipinski definition) is 4. The first-order valence-electron chi connectivity index (χ1n) is 9.06. The molecular formula is C18H24N2O3S. The van der Waals surface area contributed by atoms with Gasteiger partial charge < -0.3 is 4.90 Å². The van der Waals surface area contributed by atoms with E-state index in [2.05, 4.69) is 0 Å². The second kappa shape index (κ2) is 6.54. The number of carbonyl (C=O) groups excluding carboxylic acids is 3. The van der Waals surface area contributed by atoms with Crippen molar-refractivity contribution in [1.29, 1.82) is 0 Å². The standard InChI is InChI=1S/C18H24N2O3S/c21-16(11-24-13-5-1-2-6-13)19-9-12(10-19)20-17(22)14-7-3-4-8-15(14)18(20)23/h3-4,12-15H,1-2,5-11H2. The zero-order chi connectivity index (χ0) is 16.7. The lowest BCUT2D eigenvalue weighted by Crippen LogP contribution is -2.63. The van der Waals surface area contributed by atoms with Crippen LogP contribution in [0.25, 0.3) is 0 Å². The number of hydrogen-bond donors (Lipinski definition) is 0. The predicted octanol–water partition coefficient (Wildman–Crippen LogP) is 1.82. The third-order valence-corrected chi connectivity index (χ3v) is 7.22. The minimum absolute atomic E-state index is 0.0215. The summed E-state index contributed by atoms with van der Waals surface area (Å²) < 4.78 is 0. The maximum Gasteiger partial charge on any atom is 0.233 e. The monoisotopic (exact) mass is 348 g/mol. The van der Waals surface area contributed by atoms with Gasteiger partial charge in [0.05, 0.1) is 23.6 Å². The van der Waals surface area contributed by atoms with E-state index in [9.17, 15) is 14.4 Å². The van der Waals surface area contributed by atoms with E-state index in [0.29, 0.717) is 36.9 Å². The summed E-state index contributed by atoms with van der Waals surface area (Å²) in [5.41, 5.74) is 0. The maximum absolute atomic E-state index is 12.5. The van der Waals surface area contributed by atoms with E-state index in [-0.39, 0.29) is 35.6 Å². The lowest BCUT2D eigenvalue weighted by atomic mass is 9.85. The van der Waals surface area contributed by atoms with Crippen molar-refractivity contribution in [3.63, 3.8) is 0 Å². The van der Waals surface area contributed by atoms with Gasteiger partial charge in [-0.25, -0.2) is 0 Å². The molecule has 0 spiro atoms. The SMILES string of the molecule is O=C(CSC1CCCC1)N1CC(N2C(=O)C3CC=CCC3C2=O)C1. The number of likely N-dealkylation sites (tertiary alicyclic amines) is 2. The highest BCUT2D eigenvalue weighted by atomic mass is 32.2. The Kier molecular flexibility index (Phi) is 4.41. The molecule has 2 saturated heterocycles. The average Bonchev–Trinajstić information content (AvgIpc) is 3.15. The van der Waals surface area contributed by atoms with Gasteiger partial charge in [0.1, 0.15) is 0 Å². The van der Waals surface area contributed by atoms with Crippen LogP contribution in [0.15, 0.2) is 12.2 Å². The maximum atomic E-state index is 12.5. The van der Waals surface area contributed by atoms with Crippen molar-refractivity contribution in [1.82, 2.24) is 9.80 Å². The van der Waals surface area contributed by atoms with Crippen molar-refractivity contribution >= 4 is 29.5 Å². The molecule has 0 bridgehead atoms. The Labute approximate surface area is 146 Å². The molecular weight excluding hydrogens is 324 g/mol. The van der Waals surface area contributed by atoms with Crippen LogP contribution < -0.4 is 0 Å². The minimum Gasteiger partial charge on any atom is -0.338 e. The highest BCUT2D eigenvalue weighted by molar-refractivity contribution is 8.00. The molecule has 2 aliphatic carbocycles. The van der Waals surface area contributed by atoms with Crippen LogP contribution in [0.2, 0.25) is 0 Å². The number of imide groups is 1. The summed E-state index contributed by atoms with van der Waals surface area (Å²) in [6.07, 6.45) is 10.4. The van der Waals surface area contributed by atoms with Crippen molar-refractivity contribution in [2.75, 3.05) is 18.8 Å². The van der Waals surface area contributed by atoms with Gasteiger partial charge in [0, 0.05) is 18.3 Å². The fraction of sp³-hybridized carbons (Fsp3) is 0.722. The Morgan fingerprint density at radius 3 is 2.21 bits per heavy atom. The normalized spacial score (nSPS) is 30.8. The zero-order valence-corrected chi connectivity index (χ0v) is 14.7. The molecule has 2 unspecified atom stereocenters. The first-order valence-corrected chi connectivity index (χ1v) is 10.1. The number of carbonyl (C=O) groups is 3. The molecule has 0 N–H and O–H groups in total. The lowest BCUT2D eigenvalue weighted by Gasteiger charge is -2.43. The summed E-state index contributed by atoms with van der Waals surface area (Å²) in [4.78, 5) is 40.6. The van der Waals surface area contributed by atoms with E-state index < -0.39 is 0 Å². The van der Waals surface area contributed by atoms with Gasteiger partial charge >= 0.3 is 0 Å². The molecule has 0 radical (unpaired) electrons. The molecule has 5 nitrogen and oxygen atoms in total. The number of nitrogens with zero attached hydrogens (tertiary/aromatic N) is 2. The number of allylic oxidation sites excluding steroid dienone is 2. The molecule has 0 aromatic heterocycles. The van der Waals surface area contributed by atoms with E-state index in [1.807, 2.05) is 12.2 Å². The molecule has 2 atom stereocenters. The van der Waals surface area contributed by atoms with Gasteiger partial charge in [-0.1, -0.05) is 25.0 Å². The van der Waals surface area contributed by atoms with Gasteiger partial charge in [-0.15, -0.1) is 11.8 Å². The van der Waals surface area contributed by atoms with Crippen LogP contribution in [-0.2, 0) is 14.4 Å². The van der Waals surface area contributed by atoms with Crippen LogP contribution in [0.4, 0.5) is 0 Å². The number of fused-ring (bicyclic) bond motifs is 1. The molecule has 1 saturated carbocycles. The zero-order valence-electron chi connectivity index (χ0n) is 13.9. The molecule has 2 aliphatic heterocycles. The van der Waals surface area contributed by atoms with E-state index in [0.717, 1.165) is 0 Å². The second-order valence-electron chi connectivity index (χ2n) is 7.37.